The molecule has 6 fully saturated rings. The quantitative estimate of drug-likeness (QED) is 0.238. The van der Waals surface area contributed by atoms with E-state index in [1.807, 2.05) is 46.2 Å². The Bertz CT molecular complexity index is 2100. The molecule has 62 heavy (non-hydrogen) atoms. The highest BCUT2D eigenvalue weighted by atomic mass is 16.5. The molecule has 15 heteroatoms. The summed E-state index contributed by atoms with van der Waals surface area (Å²) in [5.41, 5.74) is 1.94. The third-order valence-corrected chi connectivity index (χ3v) is 14.5. The number of aliphatic carboxylic acids is 2. The van der Waals surface area contributed by atoms with Gasteiger partial charge in [0.15, 0.2) is 5.69 Å². The molecule has 4 aliphatic carbocycles. The van der Waals surface area contributed by atoms with E-state index in [1.165, 1.54) is 0 Å². The Morgan fingerprint density at radius 3 is 1.98 bits per heavy atom. The zero-order chi connectivity index (χ0) is 43.7. The lowest BCUT2D eigenvalue weighted by atomic mass is 9.48. The highest BCUT2D eigenvalue weighted by Crippen LogP contribution is 2.58. The molecule has 6 bridgehead atoms. The van der Waals surface area contributed by atoms with Crippen LogP contribution >= 0.6 is 0 Å². The van der Waals surface area contributed by atoms with Crippen molar-refractivity contribution in [2.24, 2.45) is 23.7 Å². The summed E-state index contributed by atoms with van der Waals surface area (Å²) in [5, 5.41) is 28.3. The van der Waals surface area contributed by atoms with Crippen molar-refractivity contribution < 1.29 is 38.9 Å². The minimum Gasteiger partial charge on any atom is -0.496 e. The number of nitrogens with zero attached hydrogens (tertiary/aromatic N) is 6. The maximum absolute atomic E-state index is 14.5. The third-order valence-electron chi connectivity index (χ3n) is 14.5. The second-order valence-electron chi connectivity index (χ2n) is 18.6. The predicted molar refractivity (Wildman–Crippen MR) is 233 cm³/mol. The summed E-state index contributed by atoms with van der Waals surface area (Å²) in [6.07, 6.45) is 6.05. The minimum absolute atomic E-state index is 0.0490. The third kappa shape index (κ3) is 8.67. The molecule has 334 valence electrons. The Labute approximate surface area is 364 Å². The normalized spacial score (nSPS) is 27.8. The summed E-state index contributed by atoms with van der Waals surface area (Å²) < 4.78 is 13.4. The van der Waals surface area contributed by atoms with Crippen molar-refractivity contribution in [2.75, 3.05) is 86.2 Å². The van der Waals surface area contributed by atoms with E-state index >= 15 is 0 Å². The number of methoxy groups -OCH3 is 2. The Kier molecular flexibility index (Phi) is 12.9. The summed E-state index contributed by atoms with van der Waals surface area (Å²) in [6.45, 7) is 11.8. The number of carbonyl (C=O) groups is 4. The van der Waals surface area contributed by atoms with Gasteiger partial charge in [-0.1, -0.05) is 19.9 Å². The molecule has 2 unspecified atom stereocenters. The van der Waals surface area contributed by atoms with Crippen molar-refractivity contribution in [1.29, 1.82) is 0 Å². The number of carboxylic acid groups (broad SMARTS) is 2. The van der Waals surface area contributed by atoms with Gasteiger partial charge in [0.2, 0.25) is 0 Å². The Hall–Kier alpha value is -4.99. The fraction of sp³-hybridized carbons (Fsp3) is 0.596. The first kappa shape index (κ1) is 43.7. The van der Waals surface area contributed by atoms with Crippen LogP contribution in [-0.2, 0) is 9.59 Å². The van der Waals surface area contributed by atoms with E-state index in [0.717, 1.165) is 96.3 Å². The number of amides is 2. The van der Waals surface area contributed by atoms with Gasteiger partial charge in [0.25, 0.3) is 11.8 Å². The van der Waals surface area contributed by atoms with E-state index in [1.54, 1.807) is 25.0 Å². The van der Waals surface area contributed by atoms with Crippen LogP contribution in [0.2, 0.25) is 0 Å². The number of hydrogen-bond donors (Lipinski definition) is 3. The SMILES string of the molecule is COc1cccc(OC)c1-c1cc(C(=O)NC2(C(=O)O)C3CC4CC(C3)CC2C4)nn1-c1ccc(C(=O)N2CCCN3CCN(CCCN(CC(=O)O)CC3)CC2)cc1C(C)C. The van der Waals surface area contributed by atoms with E-state index < -0.39 is 23.4 Å². The number of carboxylic acids is 2. The molecule has 2 amide bonds. The minimum atomic E-state index is -1.35. The van der Waals surface area contributed by atoms with Crippen molar-refractivity contribution >= 4 is 23.8 Å². The van der Waals surface area contributed by atoms with Gasteiger partial charge in [-0.15, -0.1) is 0 Å². The number of rotatable bonds is 11. The zero-order valence-corrected chi connectivity index (χ0v) is 36.7. The number of ether oxygens (including phenoxy) is 2. The van der Waals surface area contributed by atoms with Crippen LogP contribution in [0.15, 0.2) is 42.5 Å². The van der Waals surface area contributed by atoms with E-state index in [4.69, 9.17) is 14.6 Å². The second-order valence-corrected chi connectivity index (χ2v) is 18.6. The van der Waals surface area contributed by atoms with Crippen molar-refractivity contribution in [3.63, 3.8) is 0 Å². The van der Waals surface area contributed by atoms with Crippen LogP contribution in [0.25, 0.3) is 16.9 Å². The van der Waals surface area contributed by atoms with Gasteiger partial charge in [0.05, 0.1) is 37.7 Å². The number of nitrogens with one attached hydrogen (secondary N) is 1. The van der Waals surface area contributed by atoms with Gasteiger partial charge in [-0.2, -0.15) is 5.10 Å². The fourth-order valence-corrected chi connectivity index (χ4v) is 11.5. The first-order valence-electron chi connectivity index (χ1n) is 22.6. The molecule has 0 spiro atoms. The monoisotopic (exact) mass is 853 g/mol. The average Bonchev–Trinajstić information content (AvgIpc) is 3.70. The number of fused-ring (bicyclic) bond motifs is 3. The van der Waals surface area contributed by atoms with E-state index in [2.05, 4.69) is 29.0 Å². The van der Waals surface area contributed by atoms with Crippen LogP contribution in [0.1, 0.15) is 91.1 Å². The molecular weight excluding hydrogens is 791 g/mol. The van der Waals surface area contributed by atoms with E-state index in [0.29, 0.717) is 65.5 Å². The van der Waals surface area contributed by atoms with Crippen LogP contribution < -0.4 is 14.8 Å². The molecule has 3 heterocycles. The second kappa shape index (κ2) is 18.4. The van der Waals surface area contributed by atoms with Crippen LogP contribution in [-0.4, -0.2) is 155 Å². The van der Waals surface area contributed by atoms with Gasteiger partial charge in [-0.05, 0) is 130 Å². The summed E-state index contributed by atoms with van der Waals surface area (Å²) >= 11 is 0. The molecule has 6 aliphatic rings. The van der Waals surface area contributed by atoms with Crippen molar-refractivity contribution in [2.45, 2.75) is 70.3 Å². The van der Waals surface area contributed by atoms with Gasteiger partial charge >= 0.3 is 11.9 Å². The molecule has 3 N–H and O–H groups in total. The van der Waals surface area contributed by atoms with Gasteiger partial charge in [-0.3, -0.25) is 19.3 Å². The Morgan fingerprint density at radius 2 is 1.39 bits per heavy atom. The lowest BCUT2D eigenvalue weighted by molar-refractivity contribution is -0.163. The van der Waals surface area contributed by atoms with Gasteiger partial charge in [0, 0.05) is 57.9 Å². The molecular formula is C47H63N7O8. The summed E-state index contributed by atoms with van der Waals surface area (Å²) in [4.78, 5) is 62.5. The van der Waals surface area contributed by atoms with Gasteiger partial charge < -0.3 is 39.7 Å². The number of hydrogen-bond acceptors (Lipinski definition) is 10. The lowest BCUT2D eigenvalue weighted by Crippen LogP contribution is -2.70. The molecule has 0 radical (unpaired) electrons. The number of aromatic nitrogens is 2. The largest absolute Gasteiger partial charge is 0.496 e. The highest BCUT2D eigenvalue weighted by Gasteiger charge is 2.62. The van der Waals surface area contributed by atoms with Gasteiger partial charge in [0.1, 0.15) is 17.0 Å². The molecule has 1 aromatic heterocycles. The average molecular weight is 854 g/mol. The van der Waals surface area contributed by atoms with Crippen molar-refractivity contribution in [3.8, 4) is 28.4 Å². The molecule has 4 saturated carbocycles. The first-order chi connectivity index (χ1) is 29.9. The maximum Gasteiger partial charge on any atom is 0.330 e. The topological polar surface area (TPSA) is 170 Å². The smallest absolute Gasteiger partial charge is 0.330 e. The molecule has 2 saturated heterocycles. The van der Waals surface area contributed by atoms with Crippen LogP contribution in [0.5, 0.6) is 11.5 Å². The van der Waals surface area contributed by atoms with Gasteiger partial charge in [-0.25, -0.2) is 9.48 Å². The van der Waals surface area contributed by atoms with Crippen molar-refractivity contribution in [1.82, 2.24) is 34.7 Å². The Morgan fingerprint density at radius 1 is 0.774 bits per heavy atom. The molecule has 2 aromatic carbocycles. The van der Waals surface area contributed by atoms with E-state index in [9.17, 15) is 29.4 Å². The number of carbonyl (C=O) groups excluding carboxylic acids is 2. The maximum atomic E-state index is 14.5. The highest BCUT2D eigenvalue weighted by molar-refractivity contribution is 5.98. The predicted octanol–water partition coefficient (Wildman–Crippen LogP) is 4.93. The number of benzene rings is 2. The van der Waals surface area contributed by atoms with Crippen molar-refractivity contribution in [3.05, 3.63) is 59.3 Å². The molecule has 15 nitrogen and oxygen atoms in total. The standard InChI is InChI=1S/C47H63N7O8/c1-30(2)36-27-33(45(58)53-15-7-13-50-16-17-51(20-21-53)12-6-14-52(19-18-50)29-42(55)56)10-11-38(36)54-39(43-40(61-3)8-5-9-41(43)62-4)28-37(49-54)44(57)48-47(46(59)60)34-23-31-22-32(25-34)26-35(47)24-31/h5,8-11,27-28,30-32,34-35H,6-7,12-26,29H2,1-4H3,(H,48,57)(H,55,56)(H,59,60). The lowest BCUT2D eigenvalue weighted by Gasteiger charge is -2.59. The summed E-state index contributed by atoms with van der Waals surface area (Å²) in [5.74, 6) is -0.598. The fourth-order valence-electron chi connectivity index (χ4n) is 11.5. The molecule has 9 rings (SSSR count). The summed E-state index contributed by atoms with van der Waals surface area (Å²) in [6, 6.07) is 12.8. The zero-order valence-electron chi connectivity index (χ0n) is 36.7. The molecule has 2 aliphatic heterocycles. The van der Waals surface area contributed by atoms with E-state index in [-0.39, 0.29) is 35.9 Å². The molecule has 2 atom stereocenters. The van der Waals surface area contributed by atoms with Crippen LogP contribution in [0.3, 0.4) is 0 Å². The molecule has 3 aromatic rings. The summed E-state index contributed by atoms with van der Waals surface area (Å²) in [7, 11) is 3.15. The Balaban J connectivity index is 1.11. The van der Waals surface area contributed by atoms with Crippen LogP contribution in [0, 0.1) is 23.7 Å². The van der Waals surface area contributed by atoms with Crippen LogP contribution in [0.4, 0.5) is 0 Å². The first-order valence-corrected chi connectivity index (χ1v) is 22.6.